The van der Waals surface area contributed by atoms with Crippen molar-refractivity contribution in [1.82, 2.24) is 4.90 Å². The quantitative estimate of drug-likeness (QED) is 0.439. The van der Waals surface area contributed by atoms with Crippen molar-refractivity contribution in [3.8, 4) is 0 Å². The Balaban J connectivity index is 1.76. The molecule has 0 aromatic heterocycles. The van der Waals surface area contributed by atoms with Crippen LogP contribution in [0.15, 0.2) is 60.7 Å². The van der Waals surface area contributed by atoms with Gasteiger partial charge in [-0.25, -0.2) is 9.18 Å². The second-order valence-corrected chi connectivity index (χ2v) is 8.63. The van der Waals surface area contributed by atoms with Crippen LogP contribution in [0.25, 0.3) is 0 Å². The molecule has 1 aliphatic rings. The van der Waals surface area contributed by atoms with E-state index in [2.05, 4.69) is 22.6 Å². The molecular weight excluding hydrogens is 488 g/mol. The van der Waals surface area contributed by atoms with Crippen LogP contribution in [0.2, 0.25) is 0 Å². The average Bonchev–Trinajstić information content (AvgIpc) is 2.75. The van der Waals surface area contributed by atoms with Gasteiger partial charge in [-0.1, -0.05) is 83.3 Å². The van der Waals surface area contributed by atoms with Gasteiger partial charge in [0.25, 0.3) is 0 Å². The minimum atomic E-state index is -0.970. The fourth-order valence-electron chi connectivity index (χ4n) is 3.36. The molecule has 2 aromatic carbocycles. The van der Waals surface area contributed by atoms with Crippen LogP contribution in [0.3, 0.4) is 0 Å². The second kappa shape index (κ2) is 10.9. The number of amides is 1. The SMILES string of the molecule is O=C(OCc1ccccc1)N(Cc1ccccc1)[C@H](CF)[C@@H]1CCC(I)C(O)O1. The molecule has 0 bridgehead atoms. The van der Waals surface area contributed by atoms with Crippen LogP contribution in [-0.4, -0.2) is 45.1 Å². The van der Waals surface area contributed by atoms with Gasteiger partial charge in [0.05, 0.1) is 16.1 Å². The number of halogens is 2. The largest absolute Gasteiger partial charge is 0.445 e. The minimum Gasteiger partial charge on any atom is -0.445 e. The predicted molar refractivity (Wildman–Crippen MR) is 116 cm³/mol. The summed E-state index contributed by atoms with van der Waals surface area (Å²) in [4.78, 5) is 14.3. The van der Waals surface area contributed by atoms with E-state index in [0.717, 1.165) is 11.1 Å². The summed E-state index contributed by atoms with van der Waals surface area (Å²) >= 11 is 2.12. The lowest BCUT2D eigenvalue weighted by atomic mass is 10.0. The molecule has 2 aromatic rings. The van der Waals surface area contributed by atoms with E-state index in [9.17, 15) is 14.3 Å². The smallest absolute Gasteiger partial charge is 0.410 e. The molecule has 7 heteroatoms. The number of carbonyl (C=O) groups is 1. The minimum absolute atomic E-state index is 0.0447. The monoisotopic (exact) mass is 513 g/mol. The Bertz CT molecular complexity index is 764. The average molecular weight is 513 g/mol. The second-order valence-electron chi connectivity index (χ2n) is 7.03. The number of aliphatic hydroxyl groups excluding tert-OH is 1. The molecule has 156 valence electrons. The number of carbonyl (C=O) groups excluding carboxylic acids is 1. The number of hydrogen-bond acceptors (Lipinski definition) is 4. The van der Waals surface area contributed by atoms with Gasteiger partial charge >= 0.3 is 6.09 Å². The normalized spacial score (nSPS) is 22.7. The van der Waals surface area contributed by atoms with Gasteiger partial charge in [-0.05, 0) is 24.0 Å². The van der Waals surface area contributed by atoms with Crippen molar-refractivity contribution in [3.05, 3.63) is 71.8 Å². The maximum absolute atomic E-state index is 14.1. The Kier molecular flexibility index (Phi) is 8.26. The third-order valence-corrected chi connectivity index (χ3v) is 6.21. The van der Waals surface area contributed by atoms with E-state index in [1.54, 1.807) is 0 Å². The zero-order chi connectivity index (χ0) is 20.6. The van der Waals surface area contributed by atoms with Gasteiger partial charge in [0.15, 0.2) is 6.29 Å². The number of nitrogens with zero attached hydrogens (tertiary/aromatic N) is 1. The summed E-state index contributed by atoms with van der Waals surface area (Å²) in [5, 5.41) is 10.1. The highest BCUT2D eigenvalue weighted by molar-refractivity contribution is 14.1. The van der Waals surface area contributed by atoms with Gasteiger partial charge in [-0.2, -0.15) is 0 Å². The molecule has 0 saturated carbocycles. The van der Waals surface area contributed by atoms with Crippen LogP contribution >= 0.6 is 22.6 Å². The van der Waals surface area contributed by atoms with Crippen molar-refractivity contribution < 1.29 is 23.8 Å². The van der Waals surface area contributed by atoms with E-state index < -0.39 is 31.2 Å². The van der Waals surface area contributed by atoms with E-state index in [1.165, 1.54) is 4.90 Å². The van der Waals surface area contributed by atoms with E-state index in [4.69, 9.17) is 9.47 Å². The Morgan fingerprint density at radius 1 is 1.14 bits per heavy atom. The number of benzene rings is 2. The van der Waals surface area contributed by atoms with Gasteiger partial charge in [0, 0.05) is 6.54 Å². The third kappa shape index (κ3) is 6.13. The maximum Gasteiger partial charge on any atom is 0.410 e. The number of aliphatic hydroxyl groups is 1. The molecule has 0 aliphatic carbocycles. The summed E-state index contributed by atoms with van der Waals surface area (Å²) < 4.78 is 25.2. The van der Waals surface area contributed by atoms with Gasteiger partial charge in [0.2, 0.25) is 0 Å². The summed E-state index contributed by atoms with van der Waals surface area (Å²) in [6.45, 7) is -0.475. The van der Waals surface area contributed by atoms with Gasteiger partial charge in [-0.3, -0.25) is 4.90 Å². The topological polar surface area (TPSA) is 59.0 Å². The molecule has 5 nitrogen and oxygen atoms in total. The number of rotatable bonds is 7. The standard InChI is InChI=1S/C22H25FINO4/c23-13-19(20-12-11-18(24)21(26)29-20)25(14-16-7-3-1-4-8-16)22(27)28-15-17-9-5-2-6-10-17/h1-10,18-21,26H,11-15H2/t18?,19-,20+,21?/m1/s1. The lowest BCUT2D eigenvalue weighted by Crippen LogP contribution is -2.52. The summed E-state index contributed by atoms with van der Waals surface area (Å²) in [5.74, 6) is 0. The Morgan fingerprint density at radius 3 is 2.34 bits per heavy atom. The van der Waals surface area contributed by atoms with Crippen LogP contribution in [0.1, 0.15) is 24.0 Å². The van der Waals surface area contributed by atoms with Crippen molar-refractivity contribution in [2.24, 2.45) is 0 Å². The first-order chi connectivity index (χ1) is 14.1. The number of hydrogen-bond donors (Lipinski definition) is 1. The molecule has 0 spiro atoms. The Labute approximate surface area is 184 Å². The van der Waals surface area contributed by atoms with E-state index >= 15 is 0 Å². The molecule has 29 heavy (non-hydrogen) atoms. The highest BCUT2D eigenvalue weighted by atomic mass is 127. The summed E-state index contributed by atoms with van der Waals surface area (Å²) in [6, 6.07) is 17.9. The number of ether oxygens (including phenoxy) is 2. The van der Waals surface area contributed by atoms with Crippen molar-refractivity contribution in [3.63, 3.8) is 0 Å². The van der Waals surface area contributed by atoms with Crippen LogP contribution in [0.4, 0.5) is 9.18 Å². The van der Waals surface area contributed by atoms with Crippen LogP contribution in [0.5, 0.6) is 0 Å². The zero-order valence-electron chi connectivity index (χ0n) is 16.0. The molecule has 1 N–H and O–H groups in total. The van der Waals surface area contributed by atoms with Crippen LogP contribution < -0.4 is 0 Å². The van der Waals surface area contributed by atoms with Crippen molar-refractivity contribution >= 4 is 28.7 Å². The van der Waals surface area contributed by atoms with Crippen molar-refractivity contribution in [2.75, 3.05) is 6.67 Å². The van der Waals surface area contributed by atoms with Crippen LogP contribution in [-0.2, 0) is 22.6 Å². The zero-order valence-corrected chi connectivity index (χ0v) is 18.2. The first-order valence-corrected chi connectivity index (χ1v) is 10.9. The van der Waals surface area contributed by atoms with Gasteiger partial charge < -0.3 is 14.6 Å². The molecule has 2 unspecified atom stereocenters. The van der Waals surface area contributed by atoms with Crippen molar-refractivity contribution in [2.45, 2.75) is 48.4 Å². The fraction of sp³-hybridized carbons (Fsp3) is 0.409. The molecule has 4 atom stereocenters. The molecular formula is C22H25FINO4. The summed E-state index contributed by atoms with van der Waals surface area (Å²) in [5.41, 5.74) is 1.72. The Morgan fingerprint density at radius 2 is 1.76 bits per heavy atom. The molecule has 3 rings (SSSR count). The fourth-order valence-corrected chi connectivity index (χ4v) is 3.89. The molecule has 1 fully saturated rings. The molecule has 1 heterocycles. The van der Waals surface area contributed by atoms with Crippen molar-refractivity contribution in [1.29, 1.82) is 0 Å². The summed E-state index contributed by atoms with van der Waals surface area (Å²) in [7, 11) is 0. The van der Waals surface area contributed by atoms with Crippen LogP contribution in [0, 0.1) is 0 Å². The van der Waals surface area contributed by atoms with Gasteiger partial charge in [-0.15, -0.1) is 0 Å². The molecule has 1 saturated heterocycles. The lowest BCUT2D eigenvalue weighted by molar-refractivity contribution is -0.174. The van der Waals surface area contributed by atoms with Gasteiger partial charge in [0.1, 0.15) is 13.3 Å². The first kappa shape index (κ1) is 22.0. The summed E-state index contributed by atoms with van der Waals surface area (Å²) in [6.07, 6.45) is -0.899. The van der Waals surface area contributed by atoms with E-state index in [1.807, 2.05) is 60.7 Å². The molecule has 1 amide bonds. The molecule has 1 aliphatic heterocycles. The third-order valence-electron chi connectivity index (χ3n) is 4.97. The lowest BCUT2D eigenvalue weighted by Gasteiger charge is -2.39. The van der Waals surface area contributed by atoms with E-state index in [0.29, 0.717) is 12.8 Å². The number of alkyl halides is 2. The highest BCUT2D eigenvalue weighted by Gasteiger charge is 2.38. The highest BCUT2D eigenvalue weighted by Crippen LogP contribution is 2.29. The molecule has 0 radical (unpaired) electrons. The maximum atomic E-state index is 14.1. The Hall–Kier alpha value is -1.71. The first-order valence-electron chi connectivity index (χ1n) is 9.63. The predicted octanol–water partition coefficient (Wildman–Crippen LogP) is 4.46. The van der Waals surface area contributed by atoms with E-state index in [-0.39, 0.29) is 17.1 Å².